The predicted molar refractivity (Wildman–Crippen MR) is 77.2 cm³/mol. The highest BCUT2D eigenvalue weighted by atomic mass is 16.3. The summed E-state index contributed by atoms with van der Waals surface area (Å²) < 4.78 is 5.81. The van der Waals surface area contributed by atoms with Crippen molar-refractivity contribution in [1.29, 1.82) is 0 Å². The van der Waals surface area contributed by atoms with E-state index < -0.39 is 0 Å². The zero-order chi connectivity index (χ0) is 13.2. The number of furan rings is 1. The van der Waals surface area contributed by atoms with Crippen LogP contribution in [0.15, 0.2) is 28.9 Å². The summed E-state index contributed by atoms with van der Waals surface area (Å²) in [6.45, 7) is 10.8. The van der Waals surface area contributed by atoms with E-state index in [0.717, 1.165) is 25.1 Å². The summed E-state index contributed by atoms with van der Waals surface area (Å²) in [5, 5.41) is 4.62. The van der Waals surface area contributed by atoms with Crippen molar-refractivity contribution in [2.24, 2.45) is 0 Å². The van der Waals surface area contributed by atoms with E-state index in [4.69, 9.17) is 4.42 Å². The Morgan fingerprint density at radius 2 is 2.00 bits per heavy atom. The van der Waals surface area contributed by atoms with Crippen molar-refractivity contribution in [2.75, 3.05) is 13.1 Å². The molecular weight excluding hydrogens is 222 g/mol. The van der Waals surface area contributed by atoms with Gasteiger partial charge in [-0.1, -0.05) is 45.9 Å². The van der Waals surface area contributed by atoms with E-state index in [2.05, 4.69) is 51.2 Å². The highest BCUT2D eigenvalue weighted by Gasteiger charge is 2.19. The van der Waals surface area contributed by atoms with Crippen LogP contribution in [0, 0.1) is 0 Å². The van der Waals surface area contributed by atoms with Crippen molar-refractivity contribution in [3.63, 3.8) is 0 Å². The Morgan fingerprint density at radius 3 is 2.67 bits per heavy atom. The molecule has 0 spiro atoms. The van der Waals surface area contributed by atoms with Crippen LogP contribution in [-0.4, -0.2) is 13.1 Å². The lowest BCUT2D eigenvalue weighted by Crippen LogP contribution is -2.15. The third-order valence-corrected chi connectivity index (χ3v) is 3.31. The number of para-hydroxylation sites is 1. The van der Waals surface area contributed by atoms with E-state index in [1.54, 1.807) is 0 Å². The quantitative estimate of drug-likeness (QED) is 0.827. The Balaban J connectivity index is 2.36. The van der Waals surface area contributed by atoms with Crippen molar-refractivity contribution < 1.29 is 4.42 Å². The summed E-state index contributed by atoms with van der Waals surface area (Å²) in [5.41, 5.74) is 3.76. The summed E-state index contributed by atoms with van der Waals surface area (Å²) >= 11 is 0. The minimum atomic E-state index is 0.121. The van der Waals surface area contributed by atoms with Gasteiger partial charge in [-0.05, 0) is 30.5 Å². The zero-order valence-electron chi connectivity index (χ0n) is 11.8. The lowest BCUT2D eigenvalue weighted by atomic mass is 9.86. The maximum absolute atomic E-state index is 5.81. The molecule has 0 aliphatic rings. The molecule has 1 aromatic heterocycles. The zero-order valence-corrected chi connectivity index (χ0v) is 11.8. The van der Waals surface area contributed by atoms with Crippen molar-refractivity contribution in [3.05, 3.63) is 35.6 Å². The molecule has 1 heterocycles. The molecule has 0 radical (unpaired) electrons. The van der Waals surface area contributed by atoms with Gasteiger partial charge in [0.25, 0.3) is 0 Å². The first-order valence-electron chi connectivity index (χ1n) is 6.74. The average molecular weight is 245 g/mol. The minimum Gasteiger partial charge on any atom is -0.464 e. The summed E-state index contributed by atoms with van der Waals surface area (Å²) in [6, 6.07) is 6.46. The molecule has 2 aromatic rings. The highest BCUT2D eigenvalue weighted by molar-refractivity contribution is 5.84. The van der Waals surface area contributed by atoms with E-state index in [1.165, 1.54) is 16.5 Å². The number of hydrogen-bond donors (Lipinski definition) is 1. The molecule has 0 aliphatic carbocycles. The Bertz CT molecular complexity index is 519. The highest BCUT2D eigenvalue weighted by Crippen LogP contribution is 2.32. The van der Waals surface area contributed by atoms with Crippen molar-refractivity contribution in [1.82, 2.24) is 5.32 Å². The molecule has 0 unspecified atom stereocenters. The van der Waals surface area contributed by atoms with Crippen LogP contribution >= 0.6 is 0 Å². The van der Waals surface area contributed by atoms with Gasteiger partial charge in [-0.2, -0.15) is 0 Å². The van der Waals surface area contributed by atoms with Gasteiger partial charge in [0, 0.05) is 10.9 Å². The van der Waals surface area contributed by atoms with Crippen LogP contribution in [-0.2, 0) is 11.8 Å². The first kappa shape index (κ1) is 13.2. The third-order valence-electron chi connectivity index (χ3n) is 3.31. The molecule has 0 amide bonds. The second-order valence-electron chi connectivity index (χ2n) is 5.80. The molecule has 1 aromatic carbocycles. The normalized spacial score (nSPS) is 12.2. The maximum atomic E-state index is 5.81. The van der Waals surface area contributed by atoms with E-state index in [9.17, 15) is 0 Å². The fourth-order valence-corrected chi connectivity index (χ4v) is 2.29. The number of fused-ring (bicyclic) bond motifs is 1. The molecular formula is C16H23NO. The van der Waals surface area contributed by atoms with Gasteiger partial charge >= 0.3 is 0 Å². The second-order valence-corrected chi connectivity index (χ2v) is 5.80. The minimum absolute atomic E-state index is 0.121. The van der Waals surface area contributed by atoms with Gasteiger partial charge < -0.3 is 9.73 Å². The molecule has 1 N–H and O–H groups in total. The summed E-state index contributed by atoms with van der Waals surface area (Å²) in [6.07, 6.45) is 2.94. The number of hydrogen-bond acceptors (Lipinski definition) is 2. The van der Waals surface area contributed by atoms with Gasteiger partial charge in [-0.15, -0.1) is 0 Å². The van der Waals surface area contributed by atoms with Crippen LogP contribution in [0.3, 0.4) is 0 Å². The van der Waals surface area contributed by atoms with Gasteiger partial charge in [0.2, 0.25) is 0 Å². The van der Waals surface area contributed by atoms with Gasteiger partial charge in [-0.25, -0.2) is 0 Å². The molecule has 2 nitrogen and oxygen atoms in total. The van der Waals surface area contributed by atoms with Crippen molar-refractivity contribution >= 4 is 11.0 Å². The van der Waals surface area contributed by atoms with Crippen molar-refractivity contribution in [2.45, 2.75) is 39.5 Å². The predicted octanol–water partition coefficient (Wildman–Crippen LogP) is 3.88. The van der Waals surface area contributed by atoms with Crippen LogP contribution in [0.5, 0.6) is 0 Å². The Kier molecular flexibility index (Phi) is 3.76. The number of rotatable bonds is 4. The number of nitrogens with one attached hydrogen (secondary N) is 1. The molecule has 0 saturated heterocycles. The van der Waals surface area contributed by atoms with E-state index >= 15 is 0 Å². The first-order valence-corrected chi connectivity index (χ1v) is 6.74. The number of benzene rings is 1. The monoisotopic (exact) mass is 245 g/mol. The van der Waals surface area contributed by atoms with Gasteiger partial charge in [0.05, 0.1) is 6.26 Å². The molecule has 0 bridgehead atoms. The number of likely N-dealkylation sites (N-methyl/N-ethyl adjacent to an activating group) is 1. The molecule has 98 valence electrons. The molecule has 0 fully saturated rings. The third kappa shape index (κ3) is 2.59. The lowest BCUT2D eigenvalue weighted by Gasteiger charge is -2.18. The SMILES string of the molecule is CCNCCc1coc2c(C(C)(C)C)cccc12. The average Bonchev–Trinajstić information content (AvgIpc) is 2.71. The smallest absolute Gasteiger partial charge is 0.137 e. The van der Waals surface area contributed by atoms with Crippen LogP contribution in [0.2, 0.25) is 0 Å². The summed E-state index contributed by atoms with van der Waals surface area (Å²) in [7, 11) is 0. The molecule has 0 aliphatic heterocycles. The van der Waals surface area contributed by atoms with Gasteiger partial charge in [0.1, 0.15) is 5.58 Å². The Labute approximate surface area is 109 Å². The summed E-state index contributed by atoms with van der Waals surface area (Å²) in [4.78, 5) is 0. The fourth-order valence-electron chi connectivity index (χ4n) is 2.29. The molecule has 2 heteroatoms. The van der Waals surface area contributed by atoms with Crippen LogP contribution in [0.25, 0.3) is 11.0 Å². The van der Waals surface area contributed by atoms with Gasteiger partial charge in [-0.3, -0.25) is 0 Å². The van der Waals surface area contributed by atoms with Crippen LogP contribution in [0.4, 0.5) is 0 Å². The topological polar surface area (TPSA) is 25.2 Å². The van der Waals surface area contributed by atoms with E-state index in [-0.39, 0.29) is 5.41 Å². The molecule has 2 rings (SSSR count). The Morgan fingerprint density at radius 1 is 1.22 bits per heavy atom. The van der Waals surface area contributed by atoms with Crippen LogP contribution < -0.4 is 5.32 Å². The Hall–Kier alpha value is -1.28. The van der Waals surface area contributed by atoms with Crippen molar-refractivity contribution in [3.8, 4) is 0 Å². The second kappa shape index (κ2) is 5.15. The van der Waals surface area contributed by atoms with E-state index in [1.807, 2.05) is 6.26 Å². The summed E-state index contributed by atoms with van der Waals surface area (Å²) in [5.74, 6) is 0. The van der Waals surface area contributed by atoms with E-state index in [0.29, 0.717) is 0 Å². The van der Waals surface area contributed by atoms with Gasteiger partial charge in [0.15, 0.2) is 0 Å². The first-order chi connectivity index (χ1) is 8.54. The maximum Gasteiger partial charge on any atom is 0.137 e. The molecule has 0 saturated carbocycles. The standard InChI is InChI=1S/C16H23NO/c1-5-17-10-9-12-11-18-15-13(12)7-6-8-14(15)16(2,3)4/h6-8,11,17H,5,9-10H2,1-4H3. The molecule has 0 atom stereocenters. The lowest BCUT2D eigenvalue weighted by molar-refractivity contribution is 0.557. The fraction of sp³-hybridized carbons (Fsp3) is 0.500. The van der Waals surface area contributed by atoms with Crippen LogP contribution in [0.1, 0.15) is 38.8 Å². The molecule has 18 heavy (non-hydrogen) atoms. The largest absolute Gasteiger partial charge is 0.464 e.